The minimum absolute atomic E-state index is 0.0689. The fraction of sp³-hybridized carbons (Fsp3) is 0.111. The summed E-state index contributed by atoms with van der Waals surface area (Å²) in [5.74, 6) is -1.27. The third-order valence-electron chi connectivity index (χ3n) is 3.57. The predicted molar refractivity (Wildman–Crippen MR) is 96.3 cm³/mol. The van der Waals surface area contributed by atoms with E-state index < -0.39 is 11.7 Å². The summed E-state index contributed by atoms with van der Waals surface area (Å²) < 4.78 is 13.8. The van der Waals surface area contributed by atoms with Crippen LogP contribution in [-0.4, -0.2) is 10.9 Å². The smallest absolute Gasteiger partial charge is 0.261 e. The van der Waals surface area contributed by atoms with E-state index in [4.69, 9.17) is 11.6 Å². The number of nitrogens with one attached hydrogen (secondary N) is 1. The van der Waals surface area contributed by atoms with E-state index in [0.717, 1.165) is 17.7 Å². The van der Waals surface area contributed by atoms with Crippen LogP contribution >= 0.6 is 22.9 Å². The fourth-order valence-corrected chi connectivity index (χ4v) is 3.21. The molecule has 1 aromatic heterocycles. The molecule has 0 aliphatic heterocycles. The van der Waals surface area contributed by atoms with Crippen molar-refractivity contribution in [3.63, 3.8) is 0 Å². The van der Waals surface area contributed by atoms with E-state index in [1.165, 1.54) is 35.1 Å². The van der Waals surface area contributed by atoms with E-state index in [2.05, 4.69) is 17.2 Å². The van der Waals surface area contributed by atoms with Crippen LogP contribution in [0.15, 0.2) is 47.8 Å². The van der Waals surface area contributed by atoms with Crippen molar-refractivity contribution in [3.05, 3.63) is 69.8 Å². The number of amides is 1. The van der Waals surface area contributed by atoms with Gasteiger partial charge in [-0.2, -0.15) is 0 Å². The number of aromatic nitrogens is 1. The Morgan fingerprint density at radius 2 is 2.00 bits per heavy atom. The molecule has 0 aliphatic rings. The largest absolute Gasteiger partial charge is 0.298 e. The molecule has 3 nitrogen and oxygen atoms in total. The van der Waals surface area contributed by atoms with Gasteiger partial charge in [-0.3, -0.25) is 10.1 Å². The van der Waals surface area contributed by atoms with E-state index >= 15 is 0 Å². The third kappa shape index (κ3) is 3.47. The van der Waals surface area contributed by atoms with E-state index in [1.54, 1.807) is 0 Å². The highest BCUT2D eigenvalue weighted by Gasteiger charge is 2.17. The molecule has 0 unspecified atom stereocenters. The van der Waals surface area contributed by atoms with Gasteiger partial charge >= 0.3 is 0 Å². The predicted octanol–water partition coefficient (Wildman–Crippen LogP) is 5.42. The Morgan fingerprint density at radius 3 is 2.67 bits per heavy atom. The van der Waals surface area contributed by atoms with Gasteiger partial charge in [0.25, 0.3) is 5.91 Å². The second-order valence-corrected chi connectivity index (χ2v) is 6.40. The van der Waals surface area contributed by atoms with E-state index in [-0.39, 0.29) is 10.6 Å². The maximum Gasteiger partial charge on any atom is 0.261 e. The van der Waals surface area contributed by atoms with Crippen molar-refractivity contribution in [3.8, 4) is 11.3 Å². The normalized spacial score (nSPS) is 10.6. The van der Waals surface area contributed by atoms with E-state index in [0.29, 0.717) is 5.13 Å². The summed E-state index contributed by atoms with van der Waals surface area (Å²) in [4.78, 5) is 16.6. The highest BCUT2D eigenvalue weighted by Crippen LogP contribution is 2.27. The summed E-state index contributed by atoms with van der Waals surface area (Å²) in [6.07, 6.45) is 0.974. The number of halogens is 2. The molecule has 0 radical (unpaired) electrons. The summed E-state index contributed by atoms with van der Waals surface area (Å²) in [7, 11) is 0. The molecule has 1 N–H and O–H groups in total. The quantitative estimate of drug-likeness (QED) is 0.675. The second-order valence-electron chi connectivity index (χ2n) is 5.14. The van der Waals surface area contributed by atoms with Crippen LogP contribution in [0.1, 0.15) is 22.8 Å². The van der Waals surface area contributed by atoms with Crippen LogP contribution in [0.3, 0.4) is 0 Å². The van der Waals surface area contributed by atoms with Crippen molar-refractivity contribution in [1.82, 2.24) is 4.98 Å². The van der Waals surface area contributed by atoms with Gasteiger partial charge < -0.3 is 0 Å². The first-order valence-corrected chi connectivity index (χ1v) is 8.64. The molecule has 122 valence electrons. The van der Waals surface area contributed by atoms with Gasteiger partial charge in [-0.05, 0) is 24.1 Å². The zero-order valence-electron chi connectivity index (χ0n) is 12.8. The van der Waals surface area contributed by atoms with Crippen molar-refractivity contribution in [2.75, 3.05) is 5.32 Å². The van der Waals surface area contributed by atoms with Crippen molar-refractivity contribution >= 4 is 34.0 Å². The van der Waals surface area contributed by atoms with Crippen molar-refractivity contribution in [2.45, 2.75) is 13.3 Å². The Bertz CT molecular complexity index is 857. The molecule has 3 aromatic rings. The van der Waals surface area contributed by atoms with E-state index in [9.17, 15) is 9.18 Å². The van der Waals surface area contributed by atoms with Gasteiger partial charge in [0.15, 0.2) is 5.13 Å². The Morgan fingerprint density at radius 1 is 1.25 bits per heavy atom. The lowest BCUT2D eigenvalue weighted by atomic mass is 10.1. The Kier molecular flexibility index (Phi) is 4.92. The summed E-state index contributed by atoms with van der Waals surface area (Å²) in [5, 5.41) is 4.91. The standard InChI is InChI=1S/C18H14ClFN2OS/c1-2-11-6-8-12(9-7-11)15-10-24-18(21-15)22-17(23)16-13(19)4-3-5-14(16)20/h3-10H,2H2,1H3,(H,21,22,23). The summed E-state index contributed by atoms with van der Waals surface area (Å²) >= 11 is 7.18. The molecule has 0 saturated carbocycles. The molecule has 1 amide bonds. The minimum atomic E-state index is -0.660. The fourth-order valence-electron chi connectivity index (χ4n) is 2.25. The summed E-state index contributed by atoms with van der Waals surface area (Å²) in [5.41, 5.74) is 2.80. The van der Waals surface area contributed by atoms with Crippen LogP contribution in [0.5, 0.6) is 0 Å². The van der Waals surface area contributed by atoms with Crippen molar-refractivity contribution in [1.29, 1.82) is 0 Å². The maximum absolute atomic E-state index is 13.8. The molecule has 0 bridgehead atoms. The van der Waals surface area contributed by atoms with Crippen molar-refractivity contribution in [2.24, 2.45) is 0 Å². The number of hydrogen-bond acceptors (Lipinski definition) is 3. The van der Waals surface area contributed by atoms with E-state index in [1.807, 2.05) is 29.6 Å². The number of nitrogens with zero attached hydrogens (tertiary/aromatic N) is 1. The first-order chi connectivity index (χ1) is 11.6. The number of rotatable bonds is 4. The lowest BCUT2D eigenvalue weighted by Crippen LogP contribution is -2.14. The molecule has 3 rings (SSSR count). The first-order valence-electron chi connectivity index (χ1n) is 7.38. The molecule has 24 heavy (non-hydrogen) atoms. The first kappa shape index (κ1) is 16.6. The number of carbonyl (C=O) groups is 1. The monoisotopic (exact) mass is 360 g/mol. The van der Waals surface area contributed by atoms with Gasteiger partial charge in [0.2, 0.25) is 0 Å². The van der Waals surface area contributed by atoms with Gasteiger partial charge in [-0.15, -0.1) is 11.3 Å². The van der Waals surface area contributed by atoms with Crippen LogP contribution in [0.4, 0.5) is 9.52 Å². The molecule has 0 atom stereocenters. The Hall–Kier alpha value is -2.24. The molecule has 0 spiro atoms. The highest BCUT2D eigenvalue weighted by molar-refractivity contribution is 7.14. The molecular weight excluding hydrogens is 347 g/mol. The molecule has 0 saturated heterocycles. The Labute approximate surface area is 148 Å². The molecule has 6 heteroatoms. The van der Waals surface area contributed by atoms with Crippen LogP contribution in [-0.2, 0) is 6.42 Å². The molecule has 0 aliphatic carbocycles. The molecular formula is C18H14ClFN2OS. The number of aryl methyl sites for hydroxylation is 1. The topological polar surface area (TPSA) is 42.0 Å². The van der Waals surface area contributed by atoms with Crippen molar-refractivity contribution < 1.29 is 9.18 Å². The SMILES string of the molecule is CCc1ccc(-c2csc(NC(=O)c3c(F)cccc3Cl)n2)cc1. The number of carbonyl (C=O) groups excluding carboxylic acids is 1. The number of anilines is 1. The van der Waals surface area contributed by atoms with Crippen LogP contribution < -0.4 is 5.32 Å². The average molecular weight is 361 g/mol. The highest BCUT2D eigenvalue weighted by atomic mass is 35.5. The second kappa shape index (κ2) is 7.11. The van der Waals surface area contributed by atoms with Crippen LogP contribution in [0, 0.1) is 5.82 Å². The zero-order valence-corrected chi connectivity index (χ0v) is 14.4. The third-order valence-corrected chi connectivity index (χ3v) is 4.65. The zero-order chi connectivity index (χ0) is 17.1. The van der Waals surface area contributed by atoms with Gasteiger partial charge in [-0.1, -0.05) is 48.9 Å². The van der Waals surface area contributed by atoms with Crippen LogP contribution in [0.2, 0.25) is 5.02 Å². The van der Waals surface area contributed by atoms with Gasteiger partial charge in [-0.25, -0.2) is 9.37 Å². The van der Waals surface area contributed by atoms with Gasteiger partial charge in [0.1, 0.15) is 5.82 Å². The molecule has 1 heterocycles. The average Bonchev–Trinajstić information content (AvgIpc) is 3.03. The number of hydrogen-bond donors (Lipinski definition) is 1. The lowest BCUT2D eigenvalue weighted by Gasteiger charge is -2.05. The molecule has 2 aromatic carbocycles. The minimum Gasteiger partial charge on any atom is -0.298 e. The molecule has 0 fully saturated rings. The summed E-state index contributed by atoms with van der Waals surface area (Å²) in [6, 6.07) is 12.2. The summed E-state index contributed by atoms with van der Waals surface area (Å²) in [6.45, 7) is 2.10. The van der Waals surface area contributed by atoms with Gasteiger partial charge in [0, 0.05) is 10.9 Å². The number of benzene rings is 2. The van der Waals surface area contributed by atoms with Gasteiger partial charge in [0.05, 0.1) is 16.3 Å². The maximum atomic E-state index is 13.8. The van der Waals surface area contributed by atoms with Crippen LogP contribution in [0.25, 0.3) is 11.3 Å². The Balaban J connectivity index is 1.79. The lowest BCUT2D eigenvalue weighted by molar-refractivity contribution is 0.102. The number of thiazole rings is 1.